The first-order valence-corrected chi connectivity index (χ1v) is 5.32. The van der Waals surface area contributed by atoms with Crippen LogP contribution in [0.1, 0.15) is 25.7 Å². The zero-order chi connectivity index (χ0) is 10.5. The van der Waals surface area contributed by atoms with Crippen molar-refractivity contribution in [2.75, 3.05) is 5.32 Å². The Morgan fingerprint density at radius 3 is 2.87 bits per heavy atom. The van der Waals surface area contributed by atoms with Gasteiger partial charge in [0.1, 0.15) is 0 Å². The van der Waals surface area contributed by atoms with Crippen molar-refractivity contribution in [2.45, 2.75) is 31.7 Å². The second kappa shape index (κ2) is 4.77. The largest absolute Gasteiger partial charge is 0.335 e. The Morgan fingerprint density at radius 2 is 2.20 bits per heavy atom. The molecule has 4 nitrogen and oxygen atoms in total. The molecular formula is C11H15N3O. The van der Waals surface area contributed by atoms with Crippen LogP contribution in [0.4, 0.5) is 10.5 Å². The van der Waals surface area contributed by atoms with Gasteiger partial charge in [-0.2, -0.15) is 0 Å². The van der Waals surface area contributed by atoms with Crippen LogP contribution in [0.25, 0.3) is 0 Å². The normalized spacial score (nSPS) is 16.3. The Balaban J connectivity index is 1.82. The molecule has 15 heavy (non-hydrogen) atoms. The maximum absolute atomic E-state index is 11.5. The molecule has 2 N–H and O–H groups in total. The molecule has 4 heteroatoms. The number of pyridine rings is 1. The van der Waals surface area contributed by atoms with Crippen molar-refractivity contribution in [1.82, 2.24) is 10.3 Å². The third-order valence-corrected chi connectivity index (χ3v) is 2.61. The van der Waals surface area contributed by atoms with Gasteiger partial charge in [-0.15, -0.1) is 0 Å². The highest BCUT2D eigenvalue weighted by atomic mass is 16.2. The van der Waals surface area contributed by atoms with E-state index in [-0.39, 0.29) is 6.03 Å². The lowest BCUT2D eigenvalue weighted by atomic mass is 10.2. The minimum absolute atomic E-state index is 0.130. The van der Waals surface area contributed by atoms with E-state index in [1.54, 1.807) is 18.5 Å². The predicted molar refractivity (Wildman–Crippen MR) is 58.6 cm³/mol. The van der Waals surface area contributed by atoms with E-state index in [1.807, 2.05) is 6.07 Å². The molecule has 0 spiro atoms. The minimum atomic E-state index is -0.130. The third-order valence-electron chi connectivity index (χ3n) is 2.61. The monoisotopic (exact) mass is 205 g/mol. The van der Waals surface area contributed by atoms with Crippen LogP contribution < -0.4 is 10.6 Å². The molecule has 1 heterocycles. The smallest absolute Gasteiger partial charge is 0.319 e. The second-order valence-electron chi connectivity index (χ2n) is 3.82. The van der Waals surface area contributed by atoms with E-state index in [0.29, 0.717) is 6.04 Å². The van der Waals surface area contributed by atoms with Gasteiger partial charge in [-0.25, -0.2) is 4.79 Å². The predicted octanol–water partition coefficient (Wildman–Crippen LogP) is 2.15. The van der Waals surface area contributed by atoms with Gasteiger partial charge in [0.15, 0.2) is 0 Å². The van der Waals surface area contributed by atoms with Crippen LogP contribution in [-0.4, -0.2) is 17.1 Å². The second-order valence-corrected chi connectivity index (χ2v) is 3.82. The van der Waals surface area contributed by atoms with E-state index in [4.69, 9.17) is 0 Å². The molecule has 0 atom stereocenters. The number of anilines is 1. The van der Waals surface area contributed by atoms with Crippen LogP contribution in [-0.2, 0) is 0 Å². The summed E-state index contributed by atoms with van der Waals surface area (Å²) in [6.45, 7) is 0. The van der Waals surface area contributed by atoms with Crippen molar-refractivity contribution < 1.29 is 4.79 Å². The van der Waals surface area contributed by atoms with Crippen molar-refractivity contribution in [1.29, 1.82) is 0 Å². The lowest BCUT2D eigenvalue weighted by molar-refractivity contribution is 0.248. The third kappa shape index (κ3) is 2.94. The summed E-state index contributed by atoms with van der Waals surface area (Å²) in [5.41, 5.74) is 0.730. The van der Waals surface area contributed by atoms with E-state index >= 15 is 0 Å². The van der Waals surface area contributed by atoms with Gasteiger partial charge >= 0.3 is 6.03 Å². The summed E-state index contributed by atoms with van der Waals surface area (Å²) < 4.78 is 0. The number of amides is 2. The van der Waals surface area contributed by atoms with Gasteiger partial charge in [0.25, 0.3) is 0 Å². The summed E-state index contributed by atoms with van der Waals surface area (Å²) in [7, 11) is 0. The summed E-state index contributed by atoms with van der Waals surface area (Å²) in [6.07, 6.45) is 7.95. The van der Waals surface area contributed by atoms with Gasteiger partial charge in [-0.3, -0.25) is 4.98 Å². The number of nitrogens with one attached hydrogen (secondary N) is 2. The number of rotatable bonds is 2. The number of hydrogen-bond acceptors (Lipinski definition) is 2. The number of carbonyl (C=O) groups is 1. The minimum Gasteiger partial charge on any atom is -0.335 e. The van der Waals surface area contributed by atoms with E-state index < -0.39 is 0 Å². The zero-order valence-corrected chi connectivity index (χ0v) is 8.57. The molecule has 2 rings (SSSR count). The van der Waals surface area contributed by atoms with Gasteiger partial charge in [0.05, 0.1) is 11.9 Å². The standard InChI is InChI=1S/C11H15N3O/c15-11(13-9-4-1-2-5-9)14-10-6-3-7-12-8-10/h3,6-9H,1-2,4-5H2,(H2,13,14,15). The van der Waals surface area contributed by atoms with Crippen LogP contribution in [0.15, 0.2) is 24.5 Å². The lowest BCUT2D eigenvalue weighted by Gasteiger charge is -2.12. The fourth-order valence-corrected chi connectivity index (χ4v) is 1.86. The molecule has 0 aliphatic heterocycles. The van der Waals surface area contributed by atoms with Crippen LogP contribution in [0.2, 0.25) is 0 Å². The first-order chi connectivity index (χ1) is 7.34. The van der Waals surface area contributed by atoms with Crippen molar-refractivity contribution in [3.05, 3.63) is 24.5 Å². The summed E-state index contributed by atoms with van der Waals surface area (Å²) in [4.78, 5) is 15.4. The lowest BCUT2D eigenvalue weighted by Crippen LogP contribution is -2.36. The average molecular weight is 205 g/mol. The van der Waals surface area contributed by atoms with E-state index in [2.05, 4.69) is 15.6 Å². The number of carbonyl (C=O) groups excluding carboxylic acids is 1. The molecule has 1 aliphatic carbocycles. The first kappa shape index (κ1) is 9.96. The van der Waals surface area contributed by atoms with Crippen molar-refractivity contribution >= 4 is 11.7 Å². The van der Waals surface area contributed by atoms with Crippen molar-refractivity contribution in [3.63, 3.8) is 0 Å². The molecule has 0 unspecified atom stereocenters. The Hall–Kier alpha value is -1.58. The van der Waals surface area contributed by atoms with E-state index in [0.717, 1.165) is 18.5 Å². The van der Waals surface area contributed by atoms with Gasteiger partial charge < -0.3 is 10.6 Å². The Morgan fingerprint density at radius 1 is 1.40 bits per heavy atom. The first-order valence-electron chi connectivity index (χ1n) is 5.32. The molecule has 80 valence electrons. The molecule has 2 amide bonds. The molecule has 1 aromatic heterocycles. The maximum atomic E-state index is 11.5. The number of hydrogen-bond donors (Lipinski definition) is 2. The molecule has 1 fully saturated rings. The van der Waals surface area contributed by atoms with Crippen LogP contribution in [0.3, 0.4) is 0 Å². The Bertz CT molecular complexity index is 320. The van der Waals surface area contributed by atoms with Crippen molar-refractivity contribution in [2.24, 2.45) is 0 Å². The summed E-state index contributed by atoms with van der Waals surface area (Å²) in [6, 6.07) is 3.84. The van der Waals surface area contributed by atoms with Gasteiger partial charge in [-0.05, 0) is 25.0 Å². The molecule has 0 saturated heterocycles. The topological polar surface area (TPSA) is 54.0 Å². The van der Waals surface area contributed by atoms with Crippen LogP contribution >= 0.6 is 0 Å². The summed E-state index contributed by atoms with van der Waals surface area (Å²) in [5, 5.41) is 5.71. The summed E-state index contributed by atoms with van der Waals surface area (Å²) >= 11 is 0. The highest BCUT2D eigenvalue weighted by molar-refractivity contribution is 5.89. The van der Waals surface area contributed by atoms with Crippen LogP contribution in [0, 0.1) is 0 Å². The average Bonchev–Trinajstić information content (AvgIpc) is 2.71. The van der Waals surface area contributed by atoms with Crippen LogP contribution in [0.5, 0.6) is 0 Å². The van der Waals surface area contributed by atoms with Gasteiger partial charge in [-0.1, -0.05) is 12.8 Å². The zero-order valence-electron chi connectivity index (χ0n) is 8.57. The molecule has 1 saturated carbocycles. The highest BCUT2D eigenvalue weighted by Gasteiger charge is 2.16. The number of urea groups is 1. The van der Waals surface area contributed by atoms with E-state index in [1.165, 1.54) is 12.8 Å². The molecule has 0 aromatic carbocycles. The Labute approximate surface area is 89.1 Å². The van der Waals surface area contributed by atoms with Crippen molar-refractivity contribution in [3.8, 4) is 0 Å². The van der Waals surface area contributed by atoms with Gasteiger partial charge in [0.2, 0.25) is 0 Å². The molecule has 0 bridgehead atoms. The maximum Gasteiger partial charge on any atom is 0.319 e. The SMILES string of the molecule is O=C(Nc1cccnc1)NC1CCCC1. The fourth-order valence-electron chi connectivity index (χ4n) is 1.86. The number of nitrogens with zero attached hydrogens (tertiary/aromatic N) is 1. The number of aromatic nitrogens is 1. The van der Waals surface area contributed by atoms with E-state index in [9.17, 15) is 4.79 Å². The molecule has 0 radical (unpaired) electrons. The highest BCUT2D eigenvalue weighted by Crippen LogP contribution is 2.17. The summed E-state index contributed by atoms with van der Waals surface area (Å²) in [5.74, 6) is 0. The fraction of sp³-hybridized carbons (Fsp3) is 0.455. The molecule has 1 aliphatic rings. The molecular weight excluding hydrogens is 190 g/mol. The quantitative estimate of drug-likeness (QED) is 0.777. The Kier molecular flexibility index (Phi) is 3.17. The van der Waals surface area contributed by atoms with Gasteiger partial charge in [0, 0.05) is 12.2 Å². The molecule has 1 aromatic rings.